The molecule has 120 valence electrons. The van der Waals surface area contributed by atoms with Crippen molar-refractivity contribution < 1.29 is 9.59 Å². The largest absolute Gasteiger partial charge is 0.358 e. The van der Waals surface area contributed by atoms with Gasteiger partial charge in [-0.25, -0.2) is 0 Å². The van der Waals surface area contributed by atoms with Gasteiger partial charge in [-0.3, -0.25) is 14.5 Å². The molecule has 5 nitrogen and oxygen atoms in total. The Bertz CT molecular complexity index is 537. The second-order valence-corrected chi connectivity index (χ2v) is 5.91. The average Bonchev–Trinajstić information content (AvgIpc) is 2.51. The standard InChI is InChI=1S/C17H25N3O2/c1-12-7-6-8-13(2)16(12)19-17(22)14-9-4-5-10-20(14)11-15(21)18-3/h6-8,14H,4-5,9-11H2,1-3H3,(H,18,21)(H,19,22). The third-order valence-electron chi connectivity index (χ3n) is 4.27. The fourth-order valence-electron chi connectivity index (χ4n) is 2.96. The Morgan fingerprint density at radius 1 is 1.23 bits per heavy atom. The zero-order valence-corrected chi connectivity index (χ0v) is 13.6. The minimum absolute atomic E-state index is 0.0130. The number of nitrogens with one attached hydrogen (secondary N) is 2. The van der Waals surface area contributed by atoms with Gasteiger partial charge in [-0.05, 0) is 44.4 Å². The molecule has 2 N–H and O–H groups in total. The lowest BCUT2D eigenvalue weighted by Gasteiger charge is -2.34. The highest BCUT2D eigenvalue weighted by atomic mass is 16.2. The fourth-order valence-corrected chi connectivity index (χ4v) is 2.96. The number of carbonyl (C=O) groups excluding carboxylic acids is 2. The molecule has 1 aromatic rings. The van der Waals surface area contributed by atoms with E-state index < -0.39 is 0 Å². The molecule has 2 rings (SSSR count). The van der Waals surface area contributed by atoms with Gasteiger partial charge in [-0.1, -0.05) is 24.6 Å². The molecule has 1 atom stereocenters. The summed E-state index contributed by atoms with van der Waals surface area (Å²) in [6.45, 7) is 5.05. The van der Waals surface area contributed by atoms with Crippen LogP contribution < -0.4 is 10.6 Å². The van der Waals surface area contributed by atoms with Crippen molar-refractivity contribution in [2.24, 2.45) is 0 Å². The molecular formula is C17H25N3O2. The number of likely N-dealkylation sites (N-methyl/N-ethyl adjacent to an activating group) is 1. The topological polar surface area (TPSA) is 61.4 Å². The maximum absolute atomic E-state index is 12.7. The molecule has 1 unspecified atom stereocenters. The maximum Gasteiger partial charge on any atom is 0.241 e. The number of rotatable bonds is 4. The number of hydrogen-bond acceptors (Lipinski definition) is 3. The zero-order chi connectivity index (χ0) is 16.1. The first-order valence-corrected chi connectivity index (χ1v) is 7.84. The van der Waals surface area contributed by atoms with Crippen molar-refractivity contribution in [1.29, 1.82) is 0 Å². The lowest BCUT2D eigenvalue weighted by molar-refractivity contribution is -0.126. The molecule has 1 aliphatic heterocycles. The molecule has 0 radical (unpaired) electrons. The van der Waals surface area contributed by atoms with Gasteiger partial charge in [0.2, 0.25) is 11.8 Å². The highest BCUT2D eigenvalue weighted by molar-refractivity contribution is 5.96. The van der Waals surface area contributed by atoms with E-state index in [1.807, 2.05) is 36.9 Å². The Morgan fingerprint density at radius 2 is 1.91 bits per heavy atom. The van der Waals surface area contributed by atoms with Crippen molar-refractivity contribution >= 4 is 17.5 Å². The summed E-state index contributed by atoms with van der Waals surface area (Å²) in [5, 5.41) is 5.68. The Balaban J connectivity index is 2.10. The van der Waals surface area contributed by atoms with Crippen molar-refractivity contribution in [2.75, 3.05) is 25.5 Å². The van der Waals surface area contributed by atoms with E-state index in [0.29, 0.717) is 0 Å². The Hall–Kier alpha value is -1.88. The number of nitrogens with zero attached hydrogens (tertiary/aromatic N) is 1. The summed E-state index contributed by atoms with van der Waals surface area (Å²) in [7, 11) is 1.62. The van der Waals surface area contributed by atoms with Crippen LogP contribution in [-0.4, -0.2) is 42.9 Å². The number of para-hydroxylation sites is 1. The smallest absolute Gasteiger partial charge is 0.241 e. The van der Waals surface area contributed by atoms with Gasteiger partial charge in [0, 0.05) is 12.7 Å². The molecule has 1 fully saturated rings. The first-order chi connectivity index (χ1) is 10.5. The lowest BCUT2D eigenvalue weighted by Crippen LogP contribution is -2.50. The quantitative estimate of drug-likeness (QED) is 0.892. The van der Waals surface area contributed by atoms with Crippen LogP contribution in [0.2, 0.25) is 0 Å². The van der Waals surface area contributed by atoms with Crippen LogP contribution in [0.3, 0.4) is 0 Å². The maximum atomic E-state index is 12.7. The van der Waals surface area contributed by atoms with Crippen LogP contribution in [0.25, 0.3) is 0 Å². The van der Waals surface area contributed by atoms with Gasteiger partial charge in [0.25, 0.3) is 0 Å². The SMILES string of the molecule is CNC(=O)CN1CCCCC1C(=O)Nc1c(C)cccc1C. The summed E-state index contributed by atoms with van der Waals surface area (Å²) in [6.07, 6.45) is 2.85. The monoisotopic (exact) mass is 303 g/mol. The van der Waals surface area contributed by atoms with Crippen LogP contribution in [0.15, 0.2) is 18.2 Å². The summed E-state index contributed by atoms with van der Waals surface area (Å²) in [5.74, 6) is -0.0622. The van der Waals surface area contributed by atoms with Crippen molar-refractivity contribution in [2.45, 2.75) is 39.2 Å². The summed E-state index contributed by atoms with van der Waals surface area (Å²) in [6, 6.07) is 5.74. The molecule has 1 aliphatic rings. The summed E-state index contributed by atoms with van der Waals surface area (Å²) >= 11 is 0. The normalized spacial score (nSPS) is 18.8. The molecule has 2 amide bonds. The number of piperidine rings is 1. The predicted octanol–water partition coefficient (Wildman–Crippen LogP) is 1.84. The molecule has 1 aromatic carbocycles. The van der Waals surface area contributed by atoms with Gasteiger partial charge in [0.1, 0.15) is 0 Å². The highest BCUT2D eigenvalue weighted by Gasteiger charge is 2.30. The van der Waals surface area contributed by atoms with Gasteiger partial charge in [-0.15, -0.1) is 0 Å². The molecule has 22 heavy (non-hydrogen) atoms. The van der Waals surface area contributed by atoms with Crippen molar-refractivity contribution in [3.63, 3.8) is 0 Å². The van der Waals surface area contributed by atoms with E-state index in [-0.39, 0.29) is 24.4 Å². The van der Waals surface area contributed by atoms with E-state index in [1.165, 1.54) is 0 Å². The highest BCUT2D eigenvalue weighted by Crippen LogP contribution is 2.22. The van der Waals surface area contributed by atoms with Gasteiger partial charge < -0.3 is 10.6 Å². The minimum Gasteiger partial charge on any atom is -0.358 e. The molecule has 1 heterocycles. The van der Waals surface area contributed by atoms with Crippen molar-refractivity contribution in [3.8, 4) is 0 Å². The predicted molar refractivity (Wildman–Crippen MR) is 87.8 cm³/mol. The van der Waals surface area contributed by atoms with Crippen LogP contribution >= 0.6 is 0 Å². The van der Waals surface area contributed by atoms with Gasteiger partial charge in [0.05, 0.1) is 12.6 Å². The summed E-state index contributed by atoms with van der Waals surface area (Å²) in [5.41, 5.74) is 3.00. The number of hydrogen-bond donors (Lipinski definition) is 2. The van der Waals surface area contributed by atoms with Gasteiger partial charge in [-0.2, -0.15) is 0 Å². The summed E-state index contributed by atoms with van der Waals surface area (Å²) < 4.78 is 0. The minimum atomic E-state index is -0.231. The van der Waals surface area contributed by atoms with Gasteiger partial charge >= 0.3 is 0 Å². The van der Waals surface area contributed by atoms with Crippen LogP contribution in [0, 0.1) is 13.8 Å². The van der Waals surface area contributed by atoms with E-state index in [1.54, 1.807) is 7.05 Å². The van der Waals surface area contributed by atoms with E-state index in [9.17, 15) is 9.59 Å². The van der Waals surface area contributed by atoms with Crippen molar-refractivity contribution in [1.82, 2.24) is 10.2 Å². The molecule has 0 aliphatic carbocycles. The Kier molecular flexibility index (Phi) is 5.55. The number of likely N-dealkylation sites (tertiary alicyclic amines) is 1. The number of benzene rings is 1. The molecule has 0 saturated carbocycles. The number of aryl methyl sites for hydroxylation is 2. The van der Waals surface area contributed by atoms with E-state index in [2.05, 4.69) is 10.6 Å². The van der Waals surface area contributed by atoms with E-state index in [4.69, 9.17) is 0 Å². The Morgan fingerprint density at radius 3 is 2.55 bits per heavy atom. The second kappa shape index (κ2) is 7.40. The second-order valence-electron chi connectivity index (χ2n) is 5.91. The third-order valence-corrected chi connectivity index (χ3v) is 4.27. The number of carbonyl (C=O) groups is 2. The zero-order valence-electron chi connectivity index (χ0n) is 13.6. The van der Waals surface area contributed by atoms with E-state index >= 15 is 0 Å². The van der Waals surface area contributed by atoms with Crippen LogP contribution in [-0.2, 0) is 9.59 Å². The van der Waals surface area contributed by atoms with Crippen LogP contribution in [0.5, 0.6) is 0 Å². The van der Waals surface area contributed by atoms with Gasteiger partial charge in [0.15, 0.2) is 0 Å². The first-order valence-electron chi connectivity index (χ1n) is 7.84. The average molecular weight is 303 g/mol. The lowest BCUT2D eigenvalue weighted by atomic mass is 10.0. The third kappa shape index (κ3) is 3.85. The first kappa shape index (κ1) is 16.5. The number of amides is 2. The Labute approximate surface area is 132 Å². The van der Waals surface area contributed by atoms with Crippen LogP contribution in [0.4, 0.5) is 5.69 Å². The number of anilines is 1. The molecular weight excluding hydrogens is 278 g/mol. The molecule has 5 heteroatoms. The molecule has 0 bridgehead atoms. The summed E-state index contributed by atoms with van der Waals surface area (Å²) in [4.78, 5) is 26.3. The van der Waals surface area contributed by atoms with Crippen molar-refractivity contribution in [3.05, 3.63) is 29.3 Å². The molecule has 0 spiro atoms. The van der Waals surface area contributed by atoms with E-state index in [0.717, 1.165) is 42.6 Å². The molecule has 1 saturated heterocycles. The van der Waals surface area contributed by atoms with Crippen LogP contribution in [0.1, 0.15) is 30.4 Å². The molecule has 0 aromatic heterocycles. The fraction of sp³-hybridized carbons (Fsp3) is 0.529.